The summed E-state index contributed by atoms with van der Waals surface area (Å²) in [5, 5.41) is 5.13. The summed E-state index contributed by atoms with van der Waals surface area (Å²) in [4.78, 5) is 23.9. The third kappa shape index (κ3) is 3.11. The van der Waals surface area contributed by atoms with Gasteiger partial charge in [-0.15, -0.1) is 11.3 Å². The Kier molecular flexibility index (Phi) is 4.11. The molecule has 2 aromatic rings. The lowest BCUT2D eigenvalue weighted by Gasteiger charge is -2.25. The molecule has 0 aromatic carbocycles. The van der Waals surface area contributed by atoms with Crippen LogP contribution in [-0.2, 0) is 12.8 Å². The van der Waals surface area contributed by atoms with Gasteiger partial charge in [0.2, 0.25) is 5.95 Å². The average Bonchev–Trinajstić information content (AvgIpc) is 2.93. The fourth-order valence-electron chi connectivity index (χ4n) is 2.64. The number of nitrogens with zero attached hydrogens (tertiary/aromatic N) is 3. The summed E-state index contributed by atoms with van der Waals surface area (Å²) in [6.07, 6.45) is 4.50. The molecule has 1 atom stereocenters. The van der Waals surface area contributed by atoms with Crippen LogP contribution in [0.3, 0.4) is 0 Å². The van der Waals surface area contributed by atoms with Gasteiger partial charge in [-0.1, -0.05) is 0 Å². The molecule has 1 aliphatic carbocycles. The second-order valence-corrected chi connectivity index (χ2v) is 6.85. The zero-order valence-electron chi connectivity index (χ0n) is 13.1. The Labute approximate surface area is 134 Å². The molecule has 1 N–H and O–H groups in total. The molecule has 5 nitrogen and oxygen atoms in total. The van der Waals surface area contributed by atoms with E-state index in [9.17, 15) is 4.79 Å². The molecule has 1 aliphatic rings. The van der Waals surface area contributed by atoms with Crippen molar-refractivity contribution in [2.24, 2.45) is 0 Å². The number of anilines is 1. The van der Waals surface area contributed by atoms with E-state index in [4.69, 9.17) is 0 Å². The third-order valence-electron chi connectivity index (χ3n) is 3.83. The SMILES string of the molecule is Cc1csc(C(=O)NC2CCc3nc(N(C)C)ncc3C2)c1. The van der Waals surface area contributed by atoms with E-state index in [1.54, 1.807) is 0 Å². The molecule has 0 bridgehead atoms. The number of hydrogen-bond acceptors (Lipinski definition) is 5. The summed E-state index contributed by atoms with van der Waals surface area (Å²) >= 11 is 1.49. The van der Waals surface area contributed by atoms with Crippen LogP contribution >= 0.6 is 11.3 Å². The highest BCUT2D eigenvalue weighted by atomic mass is 32.1. The number of carbonyl (C=O) groups excluding carboxylic acids is 1. The first-order valence-electron chi connectivity index (χ1n) is 7.41. The predicted octanol–water partition coefficient (Wildman–Crippen LogP) is 2.20. The Morgan fingerprint density at radius 3 is 2.95 bits per heavy atom. The van der Waals surface area contributed by atoms with Crippen LogP contribution in [0.15, 0.2) is 17.6 Å². The largest absolute Gasteiger partial charge is 0.348 e. The summed E-state index contributed by atoms with van der Waals surface area (Å²) in [7, 11) is 3.88. The Hall–Kier alpha value is -1.95. The van der Waals surface area contributed by atoms with Crippen LogP contribution in [0.1, 0.15) is 32.9 Å². The number of hydrogen-bond donors (Lipinski definition) is 1. The number of amides is 1. The van der Waals surface area contributed by atoms with Crippen LogP contribution in [0.4, 0.5) is 5.95 Å². The van der Waals surface area contributed by atoms with E-state index in [2.05, 4.69) is 15.3 Å². The number of aromatic nitrogens is 2. The van der Waals surface area contributed by atoms with Gasteiger partial charge in [0.1, 0.15) is 0 Å². The van der Waals surface area contributed by atoms with Gasteiger partial charge in [0.05, 0.1) is 4.88 Å². The molecule has 6 heteroatoms. The van der Waals surface area contributed by atoms with Crippen molar-refractivity contribution in [2.45, 2.75) is 32.2 Å². The minimum absolute atomic E-state index is 0.0254. The van der Waals surface area contributed by atoms with Crippen molar-refractivity contribution < 1.29 is 4.79 Å². The van der Waals surface area contributed by atoms with E-state index in [1.807, 2.05) is 43.6 Å². The second kappa shape index (κ2) is 6.04. The van der Waals surface area contributed by atoms with Gasteiger partial charge in [-0.25, -0.2) is 9.97 Å². The molecule has 2 aromatic heterocycles. The molecule has 1 amide bonds. The molecular formula is C16H20N4OS. The highest BCUT2D eigenvalue weighted by Crippen LogP contribution is 2.22. The van der Waals surface area contributed by atoms with Gasteiger partial charge in [0.15, 0.2) is 0 Å². The maximum absolute atomic E-state index is 12.2. The van der Waals surface area contributed by atoms with Crippen LogP contribution < -0.4 is 10.2 Å². The molecule has 0 saturated carbocycles. The number of nitrogens with one attached hydrogen (secondary N) is 1. The lowest BCUT2D eigenvalue weighted by atomic mass is 9.93. The number of carbonyl (C=O) groups is 1. The van der Waals surface area contributed by atoms with Gasteiger partial charge in [0.25, 0.3) is 5.91 Å². The minimum Gasteiger partial charge on any atom is -0.348 e. The van der Waals surface area contributed by atoms with E-state index < -0.39 is 0 Å². The molecule has 0 saturated heterocycles. The normalized spacial score (nSPS) is 17.0. The molecule has 0 aliphatic heterocycles. The van der Waals surface area contributed by atoms with Crippen molar-refractivity contribution >= 4 is 23.2 Å². The zero-order valence-corrected chi connectivity index (χ0v) is 13.9. The summed E-state index contributed by atoms with van der Waals surface area (Å²) < 4.78 is 0. The summed E-state index contributed by atoms with van der Waals surface area (Å²) in [6, 6.07) is 2.10. The molecule has 0 radical (unpaired) electrons. The van der Waals surface area contributed by atoms with Crippen LogP contribution in [0.5, 0.6) is 0 Å². The first-order chi connectivity index (χ1) is 10.5. The van der Waals surface area contributed by atoms with Crippen molar-refractivity contribution in [3.05, 3.63) is 39.3 Å². The third-order valence-corrected chi connectivity index (χ3v) is 4.87. The first-order valence-corrected chi connectivity index (χ1v) is 8.29. The Morgan fingerprint density at radius 2 is 2.27 bits per heavy atom. The van der Waals surface area contributed by atoms with Gasteiger partial charge in [-0.05, 0) is 48.8 Å². The van der Waals surface area contributed by atoms with Crippen molar-refractivity contribution in [2.75, 3.05) is 19.0 Å². The summed E-state index contributed by atoms with van der Waals surface area (Å²) in [6.45, 7) is 2.00. The Bertz CT molecular complexity index is 695. The standard InChI is InChI=1S/C16H20N4OS/c1-10-6-14(22-9-10)15(21)18-12-4-5-13-11(7-12)8-17-16(19-13)20(2)3/h6,8-9,12H,4-5,7H2,1-3H3,(H,18,21). The van der Waals surface area contributed by atoms with E-state index in [0.717, 1.165) is 46.9 Å². The predicted molar refractivity (Wildman–Crippen MR) is 88.7 cm³/mol. The molecular weight excluding hydrogens is 296 g/mol. The number of fused-ring (bicyclic) bond motifs is 1. The fraction of sp³-hybridized carbons (Fsp3) is 0.438. The first kappa shape index (κ1) is 15.0. The topological polar surface area (TPSA) is 58.1 Å². The number of thiophene rings is 1. The minimum atomic E-state index is 0.0254. The highest BCUT2D eigenvalue weighted by Gasteiger charge is 2.23. The molecule has 0 fully saturated rings. The molecule has 3 rings (SSSR count). The molecule has 2 heterocycles. The van der Waals surface area contributed by atoms with Crippen LogP contribution in [0.25, 0.3) is 0 Å². The van der Waals surface area contributed by atoms with Gasteiger partial charge in [0, 0.05) is 32.0 Å². The van der Waals surface area contributed by atoms with Gasteiger partial charge in [-0.3, -0.25) is 4.79 Å². The fourth-order valence-corrected chi connectivity index (χ4v) is 3.44. The van der Waals surface area contributed by atoms with Crippen molar-refractivity contribution in [1.82, 2.24) is 15.3 Å². The Morgan fingerprint density at radius 1 is 1.45 bits per heavy atom. The van der Waals surface area contributed by atoms with Crippen LogP contribution in [0.2, 0.25) is 0 Å². The Balaban J connectivity index is 1.68. The summed E-state index contributed by atoms with van der Waals surface area (Å²) in [5.41, 5.74) is 3.38. The quantitative estimate of drug-likeness (QED) is 0.943. The monoisotopic (exact) mass is 316 g/mol. The zero-order chi connectivity index (χ0) is 15.7. The van der Waals surface area contributed by atoms with Crippen LogP contribution in [-0.4, -0.2) is 36.0 Å². The lowest BCUT2D eigenvalue weighted by Crippen LogP contribution is -2.39. The van der Waals surface area contributed by atoms with Crippen molar-refractivity contribution in [3.8, 4) is 0 Å². The molecule has 1 unspecified atom stereocenters. The lowest BCUT2D eigenvalue weighted by molar-refractivity contribution is 0.0937. The molecule has 22 heavy (non-hydrogen) atoms. The maximum Gasteiger partial charge on any atom is 0.261 e. The number of aryl methyl sites for hydroxylation is 2. The van der Waals surface area contributed by atoms with Gasteiger partial charge < -0.3 is 10.2 Å². The average molecular weight is 316 g/mol. The van der Waals surface area contributed by atoms with E-state index >= 15 is 0 Å². The van der Waals surface area contributed by atoms with E-state index in [0.29, 0.717) is 0 Å². The highest BCUT2D eigenvalue weighted by molar-refractivity contribution is 7.12. The van der Waals surface area contributed by atoms with Crippen LogP contribution in [0, 0.1) is 6.92 Å². The van der Waals surface area contributed by atoms with E-state index in [1.165, 1.54) is 11.3 Å². The van der Waals surface area contributed by atoms with Crippen molar-refractivity contribution in [1.29, 1.82) is 0 Å². The molecule has 116 valence electrons. The van der Waals surface area contributed by atoms with Crippen molar-refractivity contribution in [3.63, 3.8) is 0 Å². The second-order valence-electron chi connectivity index (χ2n) is 5.94. The smallest absolute Gasteiger partial charge is 0.261 e. The van der Waals surface area contributed by atoms with Gasteiger partial charge in [-0.2, -0.15) is 0 Å². The van der Waals surface area contributed by atoms with Gasteiger partial charge >= 0.3 is 0 Å². The maximum atomic E-state index is 12.2. The number of rotatable bonds is 3. The van der Waals surface area contributed by atoms with E-state index in [-0.39, 0.29) is 11.9 Å². The summed E-state index contributed by atoms with van der Waals surface area (Å²) in [5.74, 6) is 0.771. The molecule has 0 spiro atoms.